The van der Waals surface area contributed by atoms with Crippen LogP contribution >= 0.6 is 0 Å². The molecule has 3 atom stereocenters. The van der Waals surface area contributed by atoms with Crippen molar-refractivity contribution in [3.63, 3.8) is 0 Å². The van der Waals surface area contributed by atoms with Gasteiger partial charge in [0.1, 0.15) is 11.6 Å². The highest BCUT2D eigenvalue weighted by Crippen LogP contribution is 2.59. The molecule has 0 unspecified atom stereocenters. The molecule has 2 fully saturated rings. The van der Waals surface area contributed by atoms with Crippen molar-refractivity contribution in [3.8, 4) is 0 Å². The third kappa shape index (κ3) is 2.46. The molecule has 0 aromatic rings. The molecule has 96 valence electrons. The van der Waals surface area contributed by atoms with Crippen molar-refractivity contribution < 1.29 is 9.59 Å². The topological polar surface area (TPSA) is 34.1 Å². The highest BCUT2D eigenvalue weighted by molar-refractivity contribution is 5.89. The maximum atomic E-state index is 12.1. The molecular weight excluding hydrogens is 212 g/mol. The average Bonchev–Trinajstić information content (AvgIpc) is 2.83. The summed E-state index contributed by atoms with van der Waals surface area (Å²) >= 11 is 0. The van der Waals surface area contributed by atoms with E-state index in [-0.39, 0.29) is 16.7 Å². The van der Waals surface area contributed by atoms with Crippen molar-refractivity contribution in [2.75, 3.05) is 0 Å². The summed E-state index contributed by atoms with van der Waals surface area (Å²) in [6.07, 6.45) is 4.08. The lowest BCUT2D eigenvalue weighted by Gasteiger charge is -2.28. The summed E-state index contributed by atoms with van der Waals surface area (Å²) in [5, 5.41) is 0. The van der Waals surface area contributed by atoms with E-state index in [9.17, 15) is 9.59 Å². The average molecular weight is 236 g/mol. The van der Waals surface area contributed by atoms with Crippen molar-refractivity contribution in [1.82, 2.24) is 0 Å². The van der Waals surface area contributed by atoms with Crippen molar-refractivity contribution in [3.05, 3.63) is 0 Å². The molecule has 0 amide bonds. The first-order valence-corrected chi connectivity index (χ1v) is 6.81. The fraction of sp³-hybridized carbons (Fsp3) is 0.867. The second-order valence-corrected chi connectivity index (χ2v) is 7.19. The number of fused-ring (bicyclic) bond motifs is 1. The zero-order valence-corrected chi connectivity index (χ0v) is 11.5. The lowest BCUT2D eigenvalue weighted by atomic mass is 9.76. The van der Waals surface area contributed by atoms with E-state index >= 15 is 0 Å². The fourth-order valence-electron chi connectivity index (χ4n) is 3.27. The Hall–Kier alpha value is -0.660. The van der Waals surface area contributed by atoms with Crippen LogP contribution in [0, 0.1) is 22.7 Å². The molecule has 0 N–H and O–H groups in total. The van der Waals surface area contributed by atoms with Crippen molar-refractivity contribution >= 4 is 11.6 Å². The number of carbonyl (C=O) groups excluding carboxylic acids is 2. The summed E-state index contributed by atoms with van der Waals surface area (Å²) in [7, 11) is 0. The predicted octanol–water partition coefficient (Wildman–Crippen LogP) is 3.39. The van der Waals surface area contributed by atoms with Crippen LogP contribution in [0.1, 0.15) is 59.8 Å². The third-order valence-corrected chi connectivity index (χ3v) is 4.85. The first-order chi connectivity index (χ1) is 7.74. The zero-order chi connectivity index (χ0) is 12.8. The van der Waals surface area contributed by atoms with Crippen LogP contribution in [0.2, 0.25) is 0 Å². The first kappa shape index (κ1) is 12.8. The molecular formula is C15H24O2. The van der Waals surface area contributed by atoms with Gasteiger partial charge in [-0.25, -0.2) is 0 Å². The Kier molecular flexibility index (Phi) is 2.95. The van der Waals surface area contributed by atoms with E-state index in [4.69, 9.17) is 0 Å². The normalized spacial score (nSPS) is 41.9. The van der Waals surface area contributed by atoms with Gasteiger partial charge in [-0.05, 0) is 30.6 Å². The maximum absolute atomic E-state index is 12.1. The molecule has 2 heteroatoms. The molecule has 0 radical (unpaired) electrons. The Morgan fingerprint density at radius 3 is 2.41 bits per heavy atom. The van der Waals surface area contributed by atoms with E-state index in [1.807, 2.05) is 6.92 Å². The molecule has 2 nitrogen and oxygen atoms in total. The number of carbonyl (C=O) groups is 2. The van der Waals surface area contributed by atoms with E-state index < -0.39 is 0 Å². The summed E-state index contributed by atoms with van der Waals surface area (Å²) in [5.41, 5.74) is 0.00275. The quantitative estimate of drug-likeness (QED) is 0.646. The second kappa shape index (κ2) is 3.93. The number of rotatable bonds is 0. The maximum Gasteiger partial charge on any atom is 0.139 e. The van der Waals surface area contributed by atoms with Crippen LogP contribution in [-0.4, -0.2) is 11.6 Å². The number of hydrogen-bond donors (Lipinski definition) is 0. The minimum absolute atomic E-state index is 0.0529. The van der Waals surface area contributed by atoms with Gasteiger partial charge in [0.2, 0.25) is 0 Å². The molecule has 2 saturated carbocycles. The largest absolute Gasteiger partial charge is 0.299 e. The Labute approximate surface area is 104 Å². The standard InChI is InChI=1S/C15H24O2/c1-10-5-6-13(17)15(4)8-11(15)7-14(2,3)9-12(10)16/h10-11H,5-9H2,1-4H3/t10-,11+,15-/m1/s1. The SMILES string of the molecule is C[C@@H]1CCC(=O)[C@]2(C)C[C@@H]2CC(C)(C)CC1=O. The van der Waals surface area contributed by atoms with Gasteiger partial charge in [0, 0.05) is 24.2 Å². The Morgan fingerprint density at radius 1 is 1.12 bits per heavy atom. The highest BCUT2D eigenvalue weighted by Gasteiger charge is 2.56. The van der Waals surface area contributed by atoms with Gasteiger partial charge in [-0.2, -0.15) is 0 Å². The van der Waals surface area contributed by atoms with Crippen LogP contribution in [-0.2, 0) is 9.59 Å². The predicted molar refractivity (Wildman–Crippen MR) is 67.6 cm³/mol. The Bertz CT molecular complexity index is 356. The zero-order valence-electron chi connectivity index (χ0n) is 11.5. The summed E-state index contributed by atoms with van der Waals surface area (Å²) in [4.78, 5) is 24.2. The number of hydrogen-bond acceptors (Lipinski definition) is 2. The second-order valence-electron chi connectivity index (χ2n) is 7.19. The lowest BCUT2D eigenvalue weighted by Crippen LogP contribution is -2.27. The van der Waals surface area contributed by atoms with Crippen molar-refractivity contribution in [1.29, 1.82) is 0 Å². The van der Waals surface area contributed by atoms with Crippen LogP contribution in [0.5, 0.6) is 0 Å². The molecule has 17 heavy (non-hydrogen) atoms. The first-order valence-electron chi connectivity index (χ1n) is 6.81. The fourth-order valence-corrected chi connectivity index (χ4v) is 3.27. The monoisotopic (exact) mass is 236 g/mol. The van der Waals surface area contributed by atoms with Crippen molar-refractivity contribution in [2.24, 2.45) is 22.7 Å². The van der Waals surface area contributed by atoms with Gasteiger partial charge in [0.15, 0.2) is 0 Å². The van der Waals surface area contributed by atoms with Crippen LogP contribution in [0.15, 0.2) is 0 Å². The van der Waals surface area contributed by atoms with Gasteiger partial charge in [-0.3, -0.25) is 9.59 Å². The van der Waals surface area contributed by atoms with Crippen LogP contribution < -0.4 is 0 Å². The Morgan fingerprint density at radius 2 is 1.76 bits per heavy atom. The van der Waals surface area contributed by atoms with Crippen LogP contribution in [0.25, 0.3) is 0 Å². The van der Waals surface area contributed by atoms with E-state index in [1.165, 1.54) is 0 Å². The minimum Gasteiger partial charge on any atom is -0.299 e. The highest BCUT2D eigenvalue weighted by atomic mass is 16.1. The third-order valence-electron chi connectivity index (χ3n) is 4.85. The molecule has 0 heterocycles. The van der Waals surface area contributed by atoms with Crippen LogP contribution in [0.3, 0.4) is 0 Å². The smallest absolute Gasteiger partial charge is 0.139 e. The number of Topliss-reactive ketones (excluding diaryl/α,β-unsaturated/α-hetero) is 2. The molecule has 2 aliphatic carbocycles. The van der Waals surface area contributed by atoms with E-state index in [0.29, 0.717) is 30.3 Å². The van der Waals surface area contributed by atoms with Crippen LogP contribution in [0.4, 0.5) is 0 Å². The minimum atomic E-state index is -0.0582. The van der Waals surface area contributed by atoms with Gasteiger partial charge in [-0.1, -0.05) is 27.7 Å². The summed E-state index contributed by atoms with van der Waals surface area (Å²) in [5.74, 6) is 1.30. The molecule has 2 aliphatic rings. The van der Waals surface area contributed by atoms with Gasteiger partial charge < -0.3 is 0 Å². The van der Waals surface area contributed by atoms with Gasteiger partial charge in [0.05, 0.1) is 0 Å². The van der Waals surface area contributed by atoms with Gasteiger partial charge in [0.25, 0.3) is 0 Å². The lowest BCUT2D eigenvalue weighted by molar-refractivity contribution is -0.127. The van der Waals surface area contributed by atoms with Crippen molar-refractivity contribution in [2.45, 2.75) is 59.8 Å². The molecule has 2 rings (SSSR count). The van der Waals surface area contributed by atoms with E-state index in [0.717, 1.165) is 19.3 Å². The molecule has 0 aromatic carbocycles. The van der Waals surface area contributed by atoms with Gasteiger partial charge in [-0.15, -0.1) is 0 Å². The molecule has 0 bridgehead atoms. The van der Waals surface area contributed by atoms with E-state index in [1.54, 1.807) is 0 Å². The summed E-state index contributed by atoms with van der Waals surface area (Å²) < 4.78 is 0. The molecule has 0 saturated heterocycles. The molecule has 0 spiro atoms. The Balaban J connectivity index is 2.17. The number of ketones is 2. The summed E-state index contributed by atoms with van der Waals surface area (Å²) in [6.45, 7) is 8.43. The molecule has 0 aliphatic heterocycles. The van der Waals surface area contributed by atoms with Gasteiger partial charge >= 0.3 is 0 Å². The summed E-state index contributed by atoms with van der Waals surface area (Å²) in [6, 6.07) is 0. The molecule has 0 aromatic heterocycles. The van der Waals surface area contributed by atoms with E-state index in [2.05, 4.69) is 20.8 Å².